The van der Waals surface area contributed by atoms with E-state index in [4.69, 9.17) is 5.26 Å². The second-order valence-electron chi connectivity index (χ2n) is 0.977. The maximum atomic E-state index is 10.2. The molecule has 0 spiro atoms. The van der Waals surface area contributed by atoms with Crippen LogP contribution in [0.1, 0.15) is 0 Å². The fraction of sp³-hybridized carbons (Fsp3) is 0.667. The minimum Gasteiger partial charge on any atom is -0.197 e. The van der Waals surface area contributed by atoms with Crippen molar-refractivity contribution in [1.29, 1.82) is 5.26 Å². The molecule has 50 valence electrons. The van der Waals surface area contributed by atoms with E-state index in [-0.39, 0.29) is 6.54 Å². The molecule has 1 atom stereocenters. The Kier molecular flexibility index (Phi) is 5.27. The van der Waals surface area contributed by atoms with Crippen LogP contribution in [0.2, 0.25) is 0 Å². The minimum absolute atomic E-state index is 0.00949. The second kappa shape index (κ2) is 5.60. The van der Waals surface area contributed by atoms with Crippen molar-refractivity contribution >= 4 is 8.25 Å². The zero-order chi connectivity index (χ0) is 7.11. The molecular formula is C3H6N2O3P+. The van der Waals surface area contributed by atoms with E-state index in [1.54, 1.807) is 6.07 Å². The van der Waals surface area contributed by atoms with Crippen molar-refractivity contribution in [1.82, 2.24) is 5.48 Å². The Morgan fingerprint density at radius 1 is 1.89 bits per heavy atom. The van der Waals surface area contributed by atoms with Gasteiger partial charge in [-0.3, -0.25) is 0 Å². The van der Waals surface area contributed by atoms with Crippen molar-refractivity contribution < 1.29 is 13.7 Å². The summed E-state index contributed by atoms with van der Waals surface area (Å²) in [6, 6.07) is 1.73. The summed E-state index contributed by atoms with van der Waals surface area (Å²) in [6.07, 6.45) is 0. The highest BCUT2D eigenvalue weighted by atomic mass is 31.1. The number of nitriles is 1. The molecule has 0 aromatic carbocycles. The van der Waals surface area contributed by atoms with E-state index in [1.165, 1.54) is 7.11 Å². The van der Waals surface area contributed by atoms with Crippen molar-refractivity contribution in [2.45, 2.75) is 0 Å². The lowest BCUT2D eigenvalue weighted by Gasteiger charge is -1.81. The van der Waals surface area contributed by atoms with Gasteiger partial charge in [0.15, 0.2) is 0 Å². The normalized spacial score (nSPS) is 10.4. The predicted octanol–water partition coefficient (Wildman–Crippen LogP) is 0.335. The molecule has 5 nitrogen and oxygen atoms in total. The van der Waals surface area contributed by atoms with Crippen LogP contribution in [0.5, 0.6) is 0 Å². The molecule has 0 aliphatic carbocycles. The third-order valence-electron chi connectivity index (χ3n) is 0.439. The van der Waals surface area contributed by atoms with Crippen molar-refractivity contribution in [3.8, 4) is 6.07 Å². The Balaban J connectivity index is 3.09. The van der Waals surface area contributed by atoms with Gasteiger partial charge in [-0.05, 0) is 4.62 Å². The third kappa shape index (κ3) is 5.34. The monoisotopic (exact) mass is 149 g/mol. The first-order valence-corrected chi connectivity index (χ1v) is 3.19. The standard InChI is InChI=1S/C3H6N2O3P/c1-7-9(6)8-5-3-2-4/h5H,3H2,1H3/q+1. The molecule has 0 aromatic rings. The van der Waals surface area contributed by atoms with Gasteiger partial charge in [-0.25, -0.2) is 0 Å². The molecule has 0 aliphatic rings. The molecule has 0 fully saturated rings. The maximum Gasteiger partial charge on any atom is 0.716 e. The second-order valence-corrected chi connectivity index (χ2v) is 1.97. The summed E-state index contributed by atoms with van der Waals surface area (Å²) < 4.78 is 18.7. The summed E-state index contributed by atoms with van der Waals surface area (Å²) in [6.45, 7) is -0.00949. The highest BCUT2D eigenvalue weighted by Gasteiger charge is 2.15. The Hall–Kier alpha value is -0.530. The van der Waals surface area contributed by atoms with Crippen LogP contribution < -0.4 is 5.48 Å². The van der Waals surface area contributed by atoms with Gasteiger partial charge in [0.1, 0.15) is 6.54 Å². The van der Waals surface area contributed by atoms with Crippen LogP contribution in [0, 0.1) is 11.3 Å². The van der Waals surface area contributed by atoms with Crippen LogP contribution in [0.25, 0.3) is 0 Å². The molecule has 0 aliphatic heterocycles. The SMILES string of the molecule is CO[P+](=O)ONCC#N. The van der Waals surface area contributed by atoms with E-state index in [1.807, 2.05) is 0 Å². The van der Waals surface area contributed by atoms with Gasteiger partial charge in [-0.15, -0.1) is 10.0 Å². The lowest BCUT2D eigenvalue weighted by atomic mass is 10.8. The molecule has 6 heteroatoms. The molecular weight excluding hydrogens is 143 g/mol. The molecule has 1 N–H and O–H groups in total. The predicted molar refractivity (Wildman–Crippen MR) is 29.3 cm³/mol. The molecule has 0 rings (SSSR count). The molecule has 0 heterocycles. The van der Waals surface area contributed by atoms with E-state index in [0.717, 1.165) is 0 Å². The zero-order valence-corrected chi connectivity index (χ0v) is 5.72. The fourth-order valence-corrected chi connectivity index (χ4v) is 0.399. The Morgan fingerprint density at radius 2 is 2.56 bits per heavy atom. The number of hydrogen-bond acceptors (Lipinski definition) is 5. The maximum absolute atomic E-state index is 10.2. The zero-order valence-electron chi connectivity index (χ0n) is 4.83. The average Bonchev–Trinajstić information content (AvgIpc) is 1.89. The van der Waals surface area contributed by atoms with Gasteiger partial charge < -0.3 is 0 Å². The molecule has 0 amide bonds. The molecule has 0 aromatic heterocycles. The minimum atomic E-state index is -2.10. The number of hydrogen-bond donors (Lipinski definition) is 1. The first kappa shape index (κ1) is 8.47. The van der Waals surface area contributed by atoms with E-state index in [0.29, 0.717) is 0 Å². The number of nitrogens with one attached hydrogen (secondary N) is 1. The summed E-state index contributed by atoms with van der Waals surface area (Å²) in [5.41, 5.74) is 2.12. The first-order valence-electron chi connectivity index (χ1n) is 2.09. The van der Waals surface area contributed by atoms with Crippen molar-refractivity contribution in [2.75, 3.05) is 13.7 Å². The van der Waals surface area contributed by atoms with Crippen LogP contribution in [-0.2, 0) is 13.7 Å². The fourth-order valence-electron chi connectivity index (χ4n) is 0.155. The number of rotatable bonds is 4. The Bertz CT molecular complexity index is 132. The average molecular weight is 149 g/mol. The van der Waals surface area contributed by atoms with E-state index in [2.05, 4.69) is 14.6 Å². The number of hydroxylamine groups is 1. The van der Waals surface area contributed by atoms with Crippen LogP contribution in [0.4, 0.5) is 0 Å². The smallest absolute Gasteiger partial charge is 0.197 e. The molecule has 9 heavy (non-hydrogen) atoms. The third-order valence-corrected chi connectivity index (χ3v) is 1.02. The summed E-state index contributed by atoms with van der Waals surface area (Å²) in [5, 5.41) is 7.92. The van der Waals surface area contributed by atoms with Crippen LogP contribution in [-0.4, -0.2) is 13.7 Å². The topological polar surface area (TPSA) is 71.3 Å². The molecule has 0 radical (unpaired) electrons. The van der Waals surface area contributed by atoms with Crippen molar-refractivity contribution in [2.24, 2.45) is 0 Å². The van der Waals surface area contributed by atoms with Gasteiger partial charge in [0, 0.05) is 4.57 Å². The van der Waals surface area contributed by atoms with Crippen LogP contribution >= 0.6 is 8.25 Å². The summed E-state index contributed by atoms with van der Waals surface area (Å²) in [7, 11) is -0.859. The van der Waals surface area contributed by atoms with Crippen molar-refractivity contribution in [3.05, 3.63) is 0 Å². The summed E-state index contributed by atoms with van der Waals surface area (Å²) >= 11 is 0. The van der Waals surface area contributed by atoms with Crippen molar-refractivity contribution in [3.63, 3.8) is 0 Å². The van der Waals surface area contributed by atoms with Gasteiger partial charge in [0.05, 0.1) is 13.2 Å². The lowest BCUT2D eigenvalue weighted by molar-refractivity contribution is 0.181. The molecule has 0 saturated heterocycles. The Morgan fingerprint density at radius 3 is 3.00 bits per heavy atom. The number of nitrogens with zero attached hydrogens (tertiary/aromatic N) is 1. The highest BCUT2D eigenvalue weighted by Crippen LogP contribution is 2.18. The van der Waals surface area contributed by atoms with E-state index in [9.17, 15) is 4.57 Å². The van der Waals surface area contributed by atoms with Crippen LogP contribution in [0.15, 0.2) is 0 Å². The van der Waals surface area contributed by atoms with Gasteiger partial charge in [0.2, 0.25) is 0 Å². The molecule has 0 saturated carbocycles. The van der Waals surface area contributed by atoms with E-state index >= 15 is 0 Å². The lowest BCUT2D eigenvalue weighted by Crippen LogP contribution is -2.09. The van der Waals surface area contributed by atoms with Gasteiger partial charge in [-0.2, -0.15) is 5.26 Å². The summed E-state index contributed by atoms with van der Waals surface area (Å²) in [5.74, 6) is 0. The summed E-state index contributed by atoms with van der Waals surface area (Å²) in [4.78, 5) is 0. The van der Waals surface area contributed by atoms with Gasteiger partial charge in [0.25, 0.3) is 0 Å². The highest BCUT2D eigenvalue weighted by molar-refractivity contribution is 7.33. The van der Waals surface area contributed by atoms with Gasteiger partial charge in [-0.1, -0.05) is 0 Å². The van der Waals surface area contributed by atoms with Crippen LogP contribution in [0.3, 0.4) is 0 Å². The molecule has 0 bridgehead atoms. The Labute approximate surface area is 53.5 Å². The first-order chi connectivity index (χ1) is 4.31. The van der Waals surface area contributed by atoms with Gasteiger partial charge >= 0.3 is 8.25 Å². The largest absolute Gasteiger partial charge is 0.716 e. The molecule has 1 unspecified atom stereocenters. The quantitative estimate of drug-likeness (QED) is 0.270. The van der Waals surface area contributed by atoms with E-state index < -0.39 is 8.25 Å².